The van der Waals surface area contributed by atoms with Crippen LogP contribution < -0.4 is 0 Å². The molecule has 0 bridgehead atoms. The molecule has 0 aromatic carbocycles. The average molecular weight is 1280 g/mol. The summed E-state index contributed by atoms with van der Waals surface area (Å²) < 4.78 is 68.2. The number of carbonyl (C=O) groups is 4. The van der Waals surface area contributed by atoms with E-state index >= 15 is 0 Å². The van der Waals surface area contributed by atoms with Gasteiger partial charge in [0.1, 0.15) is 19.3 Å². The van der Waals surface area contributed by atoms with E-state index < -0.39 is 97.5 Å². The van der Waals surface area contributed by atoms with Crippen molar-refractivity contribution in [2.75, 3.05) is 39.6 Å². The monoisotopic (exact) mass is 1280 g/mol. The molecule has 0 saturated heterocycles. The molecule has 0 saturated carbocycles. The fourth-order valence-electron chi connectivity index (χ4n) is 10.1. The highest BCUT2D eigenvalue weighted by atomic mass is 31.2. The lowest BCUT2D eigenvalue weighted by Crippen LogP contribution is -2.30. The van der Waals surface area contributed by atoms with Gasteiger partial charge in [0, 0.05) is 25.7 Å². The van der Waals surface area contributed by atoms with Crippen molar-refractivity contribution in [3.63, 3.8) is 0 Å². The maximum absolute atomic E-state index is 13.0. The maximum atomic E-state index is 13.0. The highest BCUT2D eigenvalue weighted by Gasteiger charge is 2.30. The molecule has 0 heterocycles. The van der Waals surface area contributed by atoms with Gasteiger partial charge in [0.2, 0.25) is 0 Å². The predicted molar refractivity (Wildman–Crippen MR) is 349 cm³/mol. The highest BCUT2D eigenvalue weighted by molar-refractivity contribution is 7.47. The van der Waals surface area contributed by atoms with Crippen molar-refractivity contribution in [2.24, 2.45) is 23.7 Å². The van der Waals surface area contributed by atoms with E-state index in [4.69, 9.17) is 37.0 Å². The number of ether oxygens (including phenoxy) is 4. The van der Waals surface area contributed by atoms with Crippen LogP contribution in [0.1, 0.15) is 331 Å². The summed E-state index contributed by atoms with van der Waals surface area (Å²) in [4.78, 5) is 72.4. The molecule has 516 valence electrons. The maximum Gasteiger partial charge on any atom is 0.472 e. The Morgan fingerprint density at radius 1 is 0.287 bits per heavy atom. The van der Waals surface area contributed by atoms with Crippen LogP contribution in [-0.2, 0) is 65.4 Å². The lowest BCUT2D eigenvalue weighted by Gasteiger charge is -2.21. The molecule has 3 N–H and O–H groups in total. The van der Waals surface area contributed by atoms with E-state index in [1.54, 1.807) is 0 Å². The zero-order valence-corrected chi connectivity index (χ0v) is 58.4. The van der Waals surface area contributed by atoms with Crippen molar-refractivity contribution >= 4 is 39.5 Å². The first-order valence-corrected chi connectivity index (χ1v) is 38.2. The van der Waals surface area contributed by atoms with Crippen LogP contribution in [0.2, 0.25) is 0 Å². The summed E-state index contributed by atoms with van der Waals surface area (Å²) in [6.07, 6.45) is 39.1. The van der Waals surface area contributed by atoms with Crippen molar-refractivity contribution < 1.29 is 80.2 Å². The molecular formula is C68H132O17P2. The SMILES string of the molecule is CC(C)CCCCCCCCCCCCCC(=O)O[C@H](COC(=O)CCCCCCCCCC(C)C)COP(=O)(O)OCC(O)COP(=O)(O)OC[C@@H](COC(=O)CCCCCCCCCCCCC(C)C)OC(=O)CCCCCCCCCC(C)C. The molecule has 0 aliphatic carbocycles. The number of phosphoric acid groups is 2. The second-order valence-corrected chi connectivity index (χ2v) is 29.4. The summed E-state index contributed by atoms with van der Waals surface area (Å²) in [6, 6.07) is 0. The molecular weight excluding hydrogens is 1150 g/mol. The van der Waals surface area contributed by atoms with Crippen molar-refractivity contribution in [3.8, 4) is 0 Å². The largest absolute Gasteiger partial charge is 0.472 e. The van der Waals surface area contributed by atoms with Gasteiger partial charge in [-0.3, -0.25) is 37.3 Å². The molecule has 0 aromatic rings. The third-order valence-electron chi connectivity index (χ3n) is 15.6. The molecule has 5 atom stereocenters. The molecule has 0 rings (SSSR count). The van der Waals surface area contributed by atoms with E-state index in [9.17, 15) is 43.2 Å². The van der Waals surface area contributed by atoms with Crippen LogP contribution in [0.5, 0.6) is 0 Å². The van der Waals surface area contributed by atoms with Crippen molar-refractivity contribution in [1.82, 2.24) is 0 Å². The van der Waals surface area contributed by atoms with Gasteiger partial charge in [-0.1, -0.05) is 280 Å². The molecule has 3 unspecified atom stereocenters. The predicted octanol–water partition coefficient (Wildman–Crippen LogP) is 18.9. The van der Waals surface area contributed by atoms with Crippen LogP contribution in [0.4, 0.5) is 0 Å². The van der Waals surface area contributed by atoms with Gasteiger partial charge in [0.05, 0.1) is 26.4 Å². The van der Waals surface area contributed by atoms with Crippen LogP contribution in [0.15, 0.2) is 0 Å². The van der Waals surface area contributed by atoms with Gasteiger partial charge in [-0.05, 0) is 49.4 Å². The normalized spacial score (nSPS) is 14.3. The third-order valence-corrected chi connectivity index (χ3v) is 17.5. The van der Waals surface area contributed by atoms with Crippen LogP contribution in [0.25, 0.3) is 0 Å². The second kappa shape index (κ2) is 57.9. The van der Waals surface area contributed by atoms with Crippen molar-refractivity contribution in [3.05, 3.63) is 0 Å². The molecule has 19 heteroatoms. The Hall–Kier alpha value is -1.94. The summed E-state index contributed by atoms with van der Waals surface area (Å²) in [6.45, 7) is 14.0. The molecule has 0 aliphatic rings. The minimum atomic E-state index is -4.95. The molecule has 0 spiro atoms. The van der Waals surface area contributed by atoms with Crippen molar-refractivity contribution in [1.29, 1.82) is 0 Å². The standard InChI is InChI=1S/C68H132O17P2/c1-58(2)44-36-28-20-14-10-9-11-17-25-34-42-50-67(72)84-63(55-79-66(71)49-41-33-26-18-22-30-38-46-60(5)6)56-82-86(74,75)80-52-62(69)53-81-87(76,77)83-57-64(85-68(73)51-43-35-27-19-23-31-39-47-61(7)8)54-78-65(70)48-40-32-24-16-13-12-15-21-29-37-45-59(3)4/h58-64,69H,9-57H2,1-8H3,(H,74,75)(H,76,77)/t62?,63-,64-/m1/s1. The lowest BCUT2D eigenvalue weighted by atomic mass is 10.0. The number of aliphatic hydroxyl groups is 1. The number of phosphoric ester groups is 2. The first kappa shape index (κ1) is 85.1. The van der Waals surface area contributed by atoms with Gasteiger partial charge in [-0.2, -0.15) is 0 Å². The number of esters is 4. The van der Waals surface area contributed by atoms with Crippen LogP contribution in [0.3, 0.4) is 0 Å². The fraction of sp³-hybridized carbons (Fsp3) is 0.941. The molecule has 87 heavy (non-hydrogen) atoms. The quantitative estimate of drug-likeness (QED) is 0.0222. The summed E-state index contributed by atoms with van der Waals surface area (Å²) in [5.74, 6) is 0.790. The topological polar surface area (TPSA) is 237 Å². The van der Waals surface area contributed by atoms with Gasteiger partial charge >= 0.3 is 39.5 Å². The van der Waals surface area contributed by atoms with Gasteiger partial charge in [0.15, 0.2) is 12.2 Å². The van der Waals surface area contributed by atoms with E-state index in [0.29, 0.717) is 37.5 Å². The smallest absolute Gasteiger partial charge is 0.462 e. The van der Waals surface area contributed by atoms with E-state index in [0.717, 1.165) is 108 Å². The number of hydrogen-bond acceptors (Lipinski definition) is 15. The Labute approximate surface area is 530 Å². The van der Waals surface area contributed by atoms with E-state index in [1.807, 2.05) is 0 Å². The summed E-state index contributed by atoms with van der Waals surface area (Å²) >= 11 is 0. The van der Waals surface area contributed by atoms with Crippen molar-refractivity contribution in [2.45, 2.75) is 350 Å². The molecule has 0 aliphatic heterocycles. The highest BCUT2D eigenvalue weighted by Crippen LogP contribution is 2.45. The first-order valence-electron chi connectivity index (χ1n) is 35.2. The minimum absolute atomic E-state index is 0.103. The molecule has 0 aromatic heterocycles. The van der Waals surface area contributed by atoms with Gasteiger partial charge in [0.25, 0.3) is 0 Å². The molecule has 0 amide bonds. The van der Waals surface area contributed by atoms with E-state index in [2.05, 4.69) is 55.4 Å². The van der Waals surface area contributed by atoms with Crippen LogP contribution in [-0.4, -0.2) is 96.7 Å². The Balaban J connectivity index is 5.24. The van der Waals surface area contributed by atoms with E-state index in [-0.39, 0.29) is 25.7 Å². The van der Waals surface area contributed by atoms with Crippen LogP contribution in [0, 0.1) is 23.7 Å². The first-order chi connectivity index (χ1) is 41.6. The number of aliphatic hydroxyl groups excluding tert-OH is 1. The molecule has 17 nitrogen and oxygen atoms in total. The summed E-state index contributed by atoms with van der Waals surface area (Å²) in [5.41, 5.74) is 0. The zero-order chi connectivity index (χ0) is 64.7. The number of hydrogen-bond donors (Lipinski definition) is 3. The molecule has 0 radical (unpaired) electrons. The zero-order valence-electron chi connectivity index (χ0n) is 56.6. The lowest BCUT2D eigenvalue weighted by molar-refractivity contribution is -0.161. The summed E-state index contributed by atoms with van der Waals surface area (Å²) in [5, 5.41) is 10.6. The Bertz CT molecular complexity index is 1730. The Morgan fingerprint density at radius 2 is 0.483 bits per heavy atom. The average Bonchev–Trinajstić information content (AvgIpc) is 3.67. The van der Waals surface area contributed by atoms with Gasteiger partial charge in [-0.25, -0.2) is 9.13 Å². The Kier molecular flexibility index (Phi) is 56.6. The Morgan fingerprint density at radius 3 is 0.713 bits per heavy atom. The number of unbranched alkanes of at least 4 members (excludes halogenated alkanes) is 31. The van der Waals surface area contributed by atoms with E-state index in [1.165, 1.54) is 128 Å². The third kappa shape index (κ3) is 62.6. The number of carbonyl (C=O) groups excluding carboxylic acids is 4. The number of rotatable bonds is 65. The summed E-state index contributed by atoms with van der Waals surface area (Å²) in [7, 11) is -9.90. The van der Waals surface area contributed by atoms with Gasteiger partial charge in [-0.15, -0.1) is 0 Å². The minimum Gasteiger partial charge on any atom is -0.462 e. The fourth-order valence-corrected chi connectivity index (χ4v) is 11.7. The van der Waals surface area contributed by atoms with Gasteiger partial charge < -0.3 is 33.8 Å². The second-order valence-electron chi connectivity index (χ2n) is 26.5. The molecule has 0 fully saturated rings. The van der Waals surface area contributed by atoms with Crippen LogP contribution >= 0.6 is 15.6 Å².